The first-order chi connectivity index (χ1) is 5.54. The van der Waals surface area contributed by atoms with Gasteiger partial charge in [-0.15, -0.1) is 11.3 Å². The Morgan fingerprint density at radius 3 is 2.75 bits per heavy atom. The normalized spacial score (nSPS) is 10.9. The second-order valence-corrected chi connectivity index (χ2v) is 3.76. The van der Waals surface area contributed by atoms with E-state index in [9.17, 15) is 13.6 Å². The highest BCUT2D eigenvalue weighted by Gasteiger charge is 2.28. The van der Waals surface area contributed by atoms with E-state index in [4.69, 9.17) is 0 Å². The number of carbonyl (C=O) groups excluding carboxylic acids is 1. The molecule has 6 heteroatoms. The summed E-state index contributed by atoms with van der Waals surface area (Å²) in [6.45, 7) is 0. The zero-order valence-corrected chi connectivity index (χ0v) is 7.95. The lowest BCUT2D eigenvalue weighted by atomic mass is 10.3. The lowest BCUT2D eigenvalue weighted by molar-refractivity contribution is 0.115. The Balaban J connectivity index is 2.99. The molecule has 1 heterocycles. The molecule has 0 amide bonds. The van der Waals surface area contributed by atoms with E-state index in [2.05, 4.69) is 20.9 Å². The maximum atomic E-state index is 12.5. The standard InChI is InChI=1S/C6H2BrF2NOS/c7-6(8,9)4-1-5(10-3-11)12-2-4/h1-2H. The van der Waals surface area contributed by atoms with Crippen LogP contribution >= 0.6 is 27.3 Å². The molecule has 1 aromatic heterocycles. The minimum Gasteiger partial charge on any atom is -0.211 e. The molecule has 0 atom stereocenters. The Morgan fingerprint density at radius 1 is 1.67 bits per heavy atom. The fraction of sp³-hybridized carbons (Fsp3) is 0.167. The van der Waals surface area contributed by atoms with Crippen molar-refractivity contribution in [3.05, 3.63) is 17.0 Å². The van der Waals surface area contributed by atoms with Crippen LogP contribution in [-0.4, -0.2) is 6.08 Å². The number of rotatable bonds is 2. The van der Waals surface area contributed by atoms with Crippen LogP contribution in [0.5, 0.6) is 0 Å². The second kappa shape index (κ2) is 3.43. The topological polar surface area (TPSA) is 29.4 Å². The van der Waals surface area contributed by atoms with E-state index in [-0.39, 0.29) is 10.6 Å². The van der Waals surface area contributed by atoms with E-state index in [1.54, 1.807) is 0 Å². The van der Waals surface area contributed by atoms with Gasteiger partial charge in [-0.1, -0.05) is 0 Å². The van der Waals surface area contributed by atoms with Crippen molar-refractivity contribution in [1.29, 1.82) is 0 Å². The van der Waals surface area contributed by atoms with Crippen LogP contribution in [0, 0.1) is 0 Å². The van der Waals surface area contributed by atoms with Gasteiger partial charge in [0.1, 0.15) is 5.00 Å². The molecule has 0 aromatic carbocycles. The summed E-state index contributed by atoms with van der Waals surface area (Å²) in [6, 6.07) is 1.13. The zero-order chi connectivity index (χ0) is 9.19. The van der Waals surface area contributed by atoms with Gasteiger partial charge >= 0.3 is 4.83 Å². The van der Waals surface area contributed by atoms with Crippen LogP contribution in [0.25, 0.3) is 0 Å². The van der Waals surface area contributed by atoms with Crippen molar-refractivity contribution in [3.63, 3.8) is 0 Å². The summed E-state index contributed by atoms with van der Waals surface area (Å²) in [4.78, 5) is 9.89. The lowest BCUT2D eigenvalue weighted by Crippen LogP contribution is -1.98. The molecule has 1 rings (SSSR count). The fourth-order valence-corrected chi connectivity index (χ4v) is 1.71. The van der Waals surface area contributed by atoms with Crippen molar-refractivity contribution in [3.8, 4) is 0 Å². The molecule has 0 aliphatic heterocycles. The third-order valence-corrected chi connectivity index (χ3v) is 2.35. The number of halogens is 3. The van der Waals surface area contributed by atoms with Gasteiger partial charge in [0.2, 0.25) is 6.08 Å². The predicted molar refractivity (Wildman–Crippen MR) is 44.9 cm³/mol. The number of isocyanates is 1. The van der Waals surface area contributed by atoms with Gasteiger partial charge < -0.3 is 0 Å². The molecular formula is C6H2BrF2NOS. The summed E-state index contributed by atoms with van der Waals surface area (Å²) in [5.74, 6) is 0. The Kier molecular flexibility index (Phi) is 2.72. The summed E-state index contributed by atoms with van der Waals surface area (Å²) in [5.41, 5.74) is -0.207. The molecule has 0 bridgehead atoms. The number of aliphatic imine (C=N–C) groups is 1. The maximum Gasteiger partial charge on any atom is 0.327 e. The SMILES string of the molecule is O=C=Nc1cc(C(F)(F)Br)cs1. The van der Waals surface area contributed by atoms with Crippen molar-refractivity contribution in [1.82, 2.24) is 0 Å². The predicted octanol–water partition coefficient (Wildman–Crippen LogP) is 3.16. The summed E-state index contributed by atoms with van der Waals surface area (Å²) in [7, 11) is 0. The third kappa shape index (κ3) is 2.20. The number of alkyl halides is 3. The summed E-state index contributed by atoms with van der Waals surface area (Å²) in [5, 5.41) is 1.45. The molecular weight excluding hydrogens is 252 g/mol. The summed E-state index contributed by atoms with van der Waals surface area (Å²) >= 11 is 3.15. The highest BCUT2D eigenvalue weighted by Crippen LogP contribution is 2.39. The lowest BCUT2D eigenvalue weighted by Gasteiger charge is -2.02. The van der Waals surface area contributed by atoms with Crippen LogP contribution in [0.2, 0.25) is 0 Å². The average molecular weight is 254 g/mol. The van der Waals surface area contributed by atoms with Gasteiger partial charge in [0.25, 0.3) is 0 Å². The summed E-state index contributed by atoms with van der Waals surface area (Å²) in [6.07, 6.45) is 1.27. The Labute approximate surface area is 79.1 Å². The smallest absolute Gasteiger partial charge is 0.211 e. The van der Waals surface area contributed by atoms with E-state index < -0.39 is 4.83 Å². The molecule has 12 heavy (non-hydrogen) atoms. The van der Waals surface area contributed by atoms with Gasteiger partial charge in [0.15, 0.2) is 0 Å². The minimum atomic E-state index is -3.06. The van der Waals surface area contributed by atoms with E-state index >= 15 is 0 Å². The highest BCUT2D eigenvalue weighted by atomic mass is 79.9. The first-order valence-electron chi connectivity index (χ1n) is 2.77. The van der Waals surface area contributed by atoms with Gasteiger partial charge in [-0.2, -0.15) is 13.8 Å². The molecule has 0 unspecified atom stereocenters. The van der Waals surface area contributed by atoms with Gasteiger partial charge in [-0.3, -0.25) is 0 Å². The number of hydrogen-bond donors (Lipinski definition) is 0. The average Bonchev–Trinajstić information content (AvgIpc) is 2.35. The van der Waals surface area contributed by atoms with E-state index in [0.717, 1.165) is 17.4 Å². The van der Waals surface area contributed by atoms with Crippen molar-refractivity contribution < 1.29 is 13.6 Å². The Hall–Kier alpha value is -0.580. The van der Waals surface area contributed by atoms with Gasteiger partial charge in [0.05, 0.1) is 0 Å². The zero-order valence-electron chi connectivity index (χ0n) is 5.55. The Bertz CT molecular complexity index is 327. The molecule has 0 N–H and O–H groups in total. The molecule has 2 nitrogen and oxygen atoms in total. The van der Waals surface area contributed by atoms with E-state index in [1.165, 1.54) is 11.5 Å². The van der Waals surface area contributed by atoms with Crippen molar-refractivity contribution >= 4 is 38.3 Å². The minimum absolute atomic E-state index is 0.207. The molecule has 1 aromatic rings. The van der Waals surface area contributed by atoms with Crippen LogP contribution < -0.4 is 0 Å². The first kappa shape index (κ1) is 9.51. The van der Waals surface area contributed by atoms with Crippen LogP contribution in [0.3, 0.4) is 0 Å². The van der Waals surface area contributed by atoms with Gasteiger partial charge in [0, 0.05) is 10.9 Å². The maximum absolute atomic E-state index is 12.5. The molecule has 0 saturated heterocycles. The number of thiophene rings is 1. The third-order valence-electron chi connectivity index (χ3n) is 1.07. The molecule has 0 fully saturated rings. The van der Waals surface area contributed by atoms with Crippen molar-refractivity contribution in [2.45, 2.75) is 4.83 Å². The monoisotopic (exact) mass is 253 g/mol. The molecule has 0 spiro atoms. The number of nitrogens with zero attached hydrogens (tertiary/aromatic N) is 1. The molecule has 0 saturated carbocycles. The van der Waals surface area contributed by atoms with Crippen LogP contribution in [0.1, 0.15) is 5.56 Å². The second-order valence-electron chi connectivity index (χ2n) is 1.87. The van der Waals surface area contributed by atoms with Crippen molar-refractivity contribution in [2.24, 2.45) is 4.99 Å². The quantitative estimate of drug-likeness (QED) is 0.452. The summed E-state index contributed by atoms with van der Waals surface area (Å²) < 4.78 is 25.0. The van der Waals surface area contributed by atoms with Crippen LogP contribution in [0.15, 0.2) is 16.4 Å². The Morgan fingerprint density at radius 2 is 2.33 bits per heavy atom. The number of hydrogen-bond acceptors (Lipinski definition) is 3. The largest absolute Gasteiger partial charge is 0.327 e. The van der Waals surface area contributed by atoms with Crippen LogP contribution in [-0.2, 0) is 9.63 Å². The highest BCUT2D eigenvalue weighted by molar-refractivity contribution is 9.09. The van der Waals surface area contributed by atoms with E-state index in [0.29, 0.717) is 0 Å². The van der Waals surface area contributed by atoms with E-state index in [1.807, 2.05) is 0 Å². The van der Waals surface area contributed by atoms with Crippen molar-refractivity contribution in [2.75, 3.05) is 0 Å². The molecule has 64 valence electrons. The van der Waals surface area contributed by atoms with Crippen LogP contribution in [0.4, 0.5) is 13.8 Å². The van der Waals surface area contributed by atoms with Gasteiger partial charge in [-0.05, 0) is 22.0 Å². The molecule has 0 aliphatic carbocycles. The fourth-order valence-electron chi connectivity index (χ4n) is 0.577. The molecule has 0 aliphatic rings. The molecule has 0 radical (unpaired) electrons. The first-order valence-corrected chi connectivity index (χ1v) is 4.45. The van der Waals surface area contributed by atoms with Gasteiger partial charge in [-0.25, -0.2) is 4.79 Å².